The summed E-state index contributed by atoms with van der Waals surface area (Å²) >= 11 is 6.82. The molecule has 2 heterocycles. The second-order valence-corrected chi connectivity index (χ2v) is 6.18. The lowest BCUT2D eigenvalue weighted by atomic mass is 9.94. The largest absolute Gasteiger partial charge is 0.480 e. The minimum atomic E-state index is -2.72. The summed E-state index contributed by atoms with van der Waals surface area (Å²) in [6.07, 6.45) is -2.53. The first-order valence-electron chi connectivity index (χ1n) is 6.34. The average molecular weight is 346 g/mol. The number of rotatable bonds is 3. The third-order valence-electron chi connectivity index (χ3n) is 3.48. The molecule has 116 valence electrons. The highest BCUT2D eigenvalue weighted by Gasteiger charge is 2.34. The van der Waals surface area contributed by atoms with Gasteiger partial charge in [0.05, 0.1) is 0 Å². The van der Waals surface area contributed by atoms with Crippen molar-refractivity contribution in [1.82, 2.24) is 10.2 Å². The van der Waals surface area contributed by atoms with Crippen molar-refractivity contribution in [2.75, 3.05) is 4.90 Å². The molecule has 1 aromatic carbocycles. The molecule has 0 radical (unpaired) electrons. The SMILES string of the molecule is O=C(O)[C@@H]1Cc2c(Cl)cccc2CN1c1nnc(C(F)F)s1. The lowest BCUT2D eigenvalue weighted by Gasteiger charge is -2.34. The molecule has 1 aliphatic rings. The molecule has 0 unspecified atom stereocenters. The first-order chi connectivity index (χ1) is 10.5. The molecule has 0 fully saturated rings. The monoisotopic (exact) mass is 345 g/mol. The highest BCUT2D eigenvalue weighted by Crippen LogP contribution is 2.35. The molecule has 2 aromatic rings. The molecule has 0 amide bonds. The van der Waals surface area contributed by atoms with E-state index in [9.17, 15) is 18.7 Å². The van der Waals surface area contributed by atoms with Crippen LogP contribution in [0.4, 0.5) is 13.9 Å². The maximum Gasteiger partial charge on any atom is 0.326 e. The van der Waals surface area contributed by atoms with E-state index in [1.165, 1.54) is 4.90 Å². The fourth-order valence-electron chi connectivity index (χ4n) is 2.43. The number of anilines is 1. The summed E-state index contributed by atoms with van der Waals surface area (Å²) in [5.41, 5.74) is 1.63. The number of nitrogens with zero attached hydrogens (tertiary/aromatic N) is 3. The van der Waals surface area contributed by atoms with Crippen LogP contribution in [-0.4, -0.2) is 27.3 Å². The van der Waals surface area contributed by atoms with Crippen molar-refractivity contribution in [2.24, 2.45) is 0 Å². The normalized spacial score (nSPS) is 17.6. The Morgan fingerprint density at radius 3 is 2.86 bits per heavy atom. The minimum Gasteiger partial charge on any atom is -0.480 e. The minimum absolute atomic E-state index is 0.174. The summed E-state index contributed by atoms with van der Waals surface area (Å²) in [4.78, 5) is 13.0. The van der Waals surface area contributed by atoms with Gasteiger partial charge in [-0.15, -0.1) is 10.2 Å². The van der Waals surface area contributed by atoms with Gasteiger partial charge in [0.25, 0.3) is 6.43 Å². The zero-order valence-corrected chi connectivity index (χ0v) is 12.6. The van der Waals surface area contributed by atoms with Crippen molar-refractivity contribution in [1.29, 1.82) is 0 Å². The summed E-state index contributed by atoms with van der Waals surface area (Å²) in [5.74, 6) is -1.06. The number of carboxylic acids is 1. The van der Waals surface area contributed by atoms with E-state index in [2.05, 4.69) is 10.2 Å². The summed E-state index contributed by atoms with van der Waals surface area (Å²) in [5, 5.41) is 16.8. The van der Waals surface area contributed by atoms with Crippen LogP contribution in [0.3, 0.4) is 0 Å². The predicted octanol–water partition coefficient (Wildman–Crippen LogP) is 3.15. The first kappa shape index (κ1) is 15.1. The van der Waals surface area contributed by atoms with E-state index in [1.54, 1.807) is 12.1 Å². The molecule has 5 nitrogen and oxygen atoms in total. The number of aromatic nitrogens is 2. The van der Waals surface area contributed by atoms with E-state index >= 15 is 0 Å². The van der Waals surface area contributed by atoms with E-state index in [-0.39, 0.29) is 18.1 Å². The summed E-state index contributed by atoms with van der Waals surface area (Å²) in [7, 11) is 0. The smallest absolute Gasteiger partial charge is 0.326 e. The van der Waals surface area contributed by atoms with Crippen LogP contribution in [0.2, 0.25) is 5.02 Å². The molecule has 1 N–H and O–H groups in total. The maximum absolute atomic E-state index is 12.7. The molecule has 0 saturated heterocycles. The number of hydrogen-bond donors (Lipinski definition) is 1. The molecule has 0 saturated carbocycles. The topological polar surface area (TPSA) is 66.3 Å². The van der Waals surface area contributed by atoms with Gasteiger partial charge >= 0.3 is 5.97 Å². The Balaban J connectivity index is 2.00. The van der Waals surface area contributed by atoms with E-state index in [0.717, 1.165) is 11.1 Å². The lowest BCUT2D eigenvalue weighted by Crippen LogP contribution is -2.45. The predicted molar refractivity (Wildman–Crippen MR) is 77.6 cm³/mol. The number of alkyl halides is 2. The van der Waals surface area contributed by atoms with E-state index < -0.39 is 23.4 Å². The standard InChI is InChI=1S/C13H10ClF2N3O2S/c14-8-3-1-2-6-5-19(9(12(20)21)4-7(6)8)13-18-17-11(22-13)10(15)16/h1-3,9-10H,4-5H2,(H,20,21)/t9-/m0/s1. The van der Waals surface area contributed by atoms with Gasteiger partial charge in [0, 0.05) is 18.0 Å². The number of halogens is 3. The summed E-state index contributed by atoms with van der Waals surface area (Å²) in [6.45, 7) is 0.241. The van der Waals surface area contributed by atoms with Crippen LogP contribution < -0.4 is 4.90 Å². The Morgan fingerprint density at radius 1 is 1.45 bits per heavy atom. The highest BCUT2D eigenvalue weighted by molar-refractivity contribution is 7.15. The van der Waals surface area contributed by atoms with Crippen LogP contribution in [0.25, 0.3) is 0 Å². The molecule has 1 aliphatic heterocycles. The molecule has 0 spiro atoms. The summed E-state index contributed by atoms with van der Waals surface area (Å²) < 4.78 is 25.3. The van der Waals surface area contributed by atoms with Gasteiger partial charge < -0.3 is 10.0 Å². The van der Waals surface area contributed by atoms with Gasteiger partial charge in [-0.1, -0.05) is 35.1 Å². The molecule has 0 bridgehead atoms. The molecule has 9 heteroatoms. The Bertz CT molecular complexity index is 725. The maximum atomic E-state index is 12.7. The zero-order chi connectivity index (χ0) is 15.9. The number of hydrogen-bond acceptors (Lipinski definition) is 5. The third-order valence-corrected chi connectivity index (χ3v) is 4.80. The Kier molecular flexibility index (Phi) is 3.96. The highest BCUT2D eigenvalue weighted by atomic mass is 35.5. The first-order valence-corrected chi connectivity index (χ1v) is 7.54. The number of benzene rings is 1. The number of aliphatic carboxylic acids is 1. The molecule has 3 rings (SSSR count). The summed E-state index contributed by atoms with van der Waals surface area (Å²) in [6, 6.07) is 4.40. The van der Waals surface area contributed by atoms with Crippen LogP contribution in [0.1, 0.15) is 22.6 Å². The van der Waals surface area contributed by atoms with Gasteiger partial charge in [0.2, 0.25) is 5.13 Å². The average Bonchev–Trinajstić information content (AvgIpc) is 2.96. The van der Waals surface area contributed by atoms with Gasteiger partial charge in [0.15, 0.2) is 5.01 Å². The van der Waals surface area contributed by atoms with Crippen molar-refractivity contribution in [3.05, 3.63) is 39.4 Å². The Labute approximate surface area is 133 Å². The van der Waals surface area contributed by atoms with Crippen molar-refractivity contribution < 1.29 is 18.7 Å². The fourth-order valence-corrected chi connectivity index (χ4v) is 3.45. The number of carbonyl (C=O) groups is 1. The molecule has 1 atom stereocenters. The van der Waals surface area contributed by atoms with Gasteiger partial charge in [-0.05, 0) is 17.2 Å². The quantitative estimate of drug-likeness (QED) is 0.925. The van der Waals surface area contributed by atoms with Crippen LogP contribution in [0, 0.1) is 0 Å². The molecule has 1 aromatic heterocycles. The van der Waals surface area contributed by atoms with Crippen molar-refractivity contribution in [3.63, 3.8) is 0 Å². The lowest BCUT2D eigenvalue weighted by molar-refractivity contribution is -0.138. The van der Waals surface area contributed by atoms with Crippen molar-refractivity contribution in [2.45, 2.75) is 25.4 Å². The Morgan fingerprint density at radius 2 is 2.23 bits per heavy atom. The van der Waals surface area contributed by atoms with Gasteiger partial charge in [-0.3, -0.25) is 0 Å². The number of fused-ring (bicyclic) bond motifs is 1. The van der Waals surface area contributed by atoms with Gasteiger partial charge in [-0.2, -0.15) is 0 Å². The molecular weight excluding hydrogens is 336 g/mol. The van der Waals surface area contributed by atoms with Gasteiger partial charge in [0.1, 0.15) is 6.04 Å². The molecule has 0 aliphatic carbocycles. The van der Waals surface area contributed by atoms with Crippen LogP contribution in [0.15, 0.2) is 18.2 Å². The second kappa shape index (κ2) is 5.77. The molecular formula is C13H10ClF2N3O2S. The number of carboxylic acid groups (broad SMARTS) is 1. The van der Waals surface area contributed by atoms with Crippen LogP contribution in [-0.2, 0) is 17.8 Å². The van der Waals surface area contributed by atoms with E-state index in [1.807, 2.05) is 6.07 Å². The molecule has 22 heavy (non-hydrogen) atoms. The fraction of sp³-hybridized carbons (Fsp3) is 0.308. The van der Waals surface area contributed by atoms with Crippen molar-refractivity contribution in [3.8, 4) is 0 Å². The van der Waals surface area contributed by atoms with Gasteiger partial charge in [-0.25, -0.2) is 13.6 Å². The van der Waals surface area contributed by atoms with Crippen molar-refractivity contribution >= 4 is 34.0 Å². The zero-order valence-electron chi connectivity index (χ0n) is 11.0. The van der Waals surface area contributed by atoms with Crippen LogP contribution >= 0.6 is 22.9 Å². The van der Waals surface area contributed by atoms with E-state index in [4.69, 9.17) is 11.6 Å². The third kappa shape index (κ3) is 2.64. The van der Waals surface area contributed by atoms with E-state index in [0.29, 0.717) is 16.4 Å². The Hall–Kier alpha value is -1.80. The van der Waals surface area contributed by atoms with Crippen LogP contribution in [0.5, 0.6) is 0 Å². The second-order valence-electron chi connectivity index (χ2n) is 4.79.